The summed E-state index contributed by atoms with van der Waals surface area (Å²) in [6.45, 7) is 10.7. The van der Waals surface area contributed by atoms with Gasteiger partial charge < -0.3 is 20.0 Å². The van der Waals surface area contributed by atoms with E-state index < -0.39 is 25.8 Å². The van der Waals surface area contributed by atoms with Gasteiger partial charge in [-0.25, -0.2) is 4.79 Å². The van der Waals surface area contributed by atoms with E-state index in [1.165, 1.54) is 4.57 Å². The van der Waals surface area contributed by atoms with Crippen molar-refractivity contribution in [3.63, 3.8) is 0 Å². The minimum absolute atomic E-state index is 0.0388. The van der Waals surface area contributed by atoms with Crippen LogP contribution in [0.2, 0.25) is 18.1 Å². The third kappa shape index (κ3) is 4.10. The fraction of sp³-hybridized carbons (Fsp3) is 0.750. The maximum absolute atomic E-state index is 12.2. The number of aromatic nitrogens is 2. The van der Waals surface area contributed by atoms with Crippen LogP contribution in [0.1, 0.15) is 33.4 Å². The fourth-order valence-electron chi connectivity index (χ4n) is 2.60. The van der Waals surface area contributed by atoms with Gasteiger partial charge in [-0.1, -0.05) is 43.4 Å². The molecule has 1 saturated heterocycles. The second kappa shape index (κ2) is 7.26. The zero-order valence-corrected chi connectivity index (χ0v) is 18.6. The third-order valence-electron chi connectivity index (χ3n) is 5.27. The summed E-state index contributed by atoms with van der Waals surface area (Å²) < 4.78 is 14.7. The predicted molar refractivity (Wildman–Crippen MR) is 108 cm³/mol. The lowest BCUT2D eigenvalue weighted by molar-refractivity contribution is -0.109. The van der Waals surface area contributed by atoms with Gasteiger partial charge >= 0.3 is 5.69 Å². The number of alkyl halides is 1. The Morgan fingerprint density at radius 3 is 2.68 bits per heavy atom. The third-order valence-corrected chi connectivity index (χ3v) is 11.0. The summed E-state index contributed by atoms with van der Waals surface area (Å²) in [6, 6.07) is 1.57. The van der Waals surface area contributed by atoms with Crippen LogP contribution in [0.5, 0.6) is 0 Å². The number of nitrogens with zero attached hydrogens (tertiary/aromatic N) is 2. The van der Waals surface area contributed by atoms with E-state index in [2.05, 4.69) is 61.4 Å². The van der Waals surface area contributed by atoms with Crippen LogP contribution in [0.4, 0.5) is 5.82 Å². The zero-order chi connectivity index (χ0) is 19.0. The molecule has 3 N–H and O–H groups in total. The molecule has 1 aliphatic rings. The highest BCUT2D eigenvalue weighted by Gasteiger charge is 2.53. The predicted octanol–water partition coefficient (Wildman–Crippen LogP) is 2.30. The molecule has 142 valence electrons. The summed E-state index contributed by atoms with van der Waals surface area (Å²) in [5, 5.41) is 10.1. The molecule has 3 atom stereocenters. The van der Waals surface area contributed by atoms with Crippen molar-refractivity contribution in [1.29, 1.82) is 0 Å². The molecule has 0 aromatic carbocycles. The van der Waals surface area contributed by atoms with Gasteiger partial charge in [0.05, 0.1) is 12.7 Å². The van der Waals surface area contributed by atoms with Gasteiger partial charge in [-0.2, -0.15) is 4.98 Å². The van der Waals surface area contributed by atoms with Crippen LogP contribution in [-0.2, 0) is 9.16 Å². The van der Waals surface area contributed by atoms with Crippen molar-refractivity contribution in [3.8, 4) is 0 Å². The Morgan fingerprint density at radius 2 is 2.20 bits per heavy atom. The molecule has 2 rings (SSSR count). The molecule has 1 fully saturated rings. The van der Waals surface area contributed by atoms with Gasteiger partial charge in [0.15, 0.2) is 8.32 Å². The minimum atomic E-state index is -2.06. The smallest absolute Gasteiger partial charge is 0.351 e. The Kier molecular flexibility index (Phi) is 6.04. The van der Waals surface area contributed by atoms with Crippen molar-refractivity contribution >= 4 is 36.7 Å². The molecule has 1 unspecified atom stereocenters. The molecule has 9 heteroatoms. The lowest BCUT2D eigenvalue weighted by Gasteiger charge is -2.42. The van der Waals surface area contributed by atoms with Crippen molar-refractivity contribution in [1.82, 2.24) is 9.55 Å². The van der Waals surface area contributed by atoms with Gasteiger partial charge in [0.1, 0.15) is 17.6 Å². The topological polar surface area (TPSA) is 99.6 Å². The number of anilines is 1. The van der Waals surface area contributed by atoms with Crippen molar-refractivity contribution in [2.24, 2.45) is 0 Å². The number of hydrogen-bond donors (Lipinski definition) is 2. The van der Waals surface area contributed by atoms with E-state index >= 15 is 0 Å². The van der Waals surface area contributed by atoms with E-state index in [-0.39, 0.29) is 23.6 Å². The largest absolute Gasteiger partial charge is 0.411 e. The maximum atomic E-state index is 12.2. The van der Waals surface area contributed by atoms with E-state index in [1.54, 1.807) is 12.3 Å². The van der Waals surface area contributed by atoms with Gasteiger partial charge in [0.25, 0.3) is 0 Å². The highest BCUT2D eigenvalue weighted by Crippen LogP contribution is 2.44. The second-order valence-corrected chi connectivity index (χ2v) is 13.6. The van der Waals surface area contributed by atoms with Crippen molar-refractivity contribution in [3.05, 3.63) is 22.7 Å². The number of aliphatic hydroxyl groups is 1. The highest BCUT2D eigenvalue weighted by molar-refractivity contribution is 14.1. The fourth-order valence-corrected chi connectivity index (χ4v) is 4.88. The second-order valence-electron chi connectivity index (χ2n) is 8.07. The molecule has 2 heterocycles. The molecule has 1 aromatic heterocycles. The van der Waals surface area contributed by atoms with Crippen LogP contribution < -0.4 is 11.4 Å². The molecule has 0 aliphatic carbocycles. The van der Waals surface area contributed by atoms with Crippen LogP contribution in [0, 0.1) is 0 Å². The van der Waals surface area contributed by atoms with Crippen LogP contribution in [0.25, 0.3) is 0 Å². The first-order valence-electron chi connectivity index (χ1n) is 8.33. The highest BCUT2D eigenvalue weighted by atomic mass is 127. The number of hydrogen-bond acceptors (Lipinski definition) is 6. The van der Waals surface area contributed by atoms with Crippen molar-refractivity contribution < 1.29 is 14.3 Å². The summed E-state index contributed by atoms with van der Waals surface area (Å²) in [7, 11) is -2.06. The van der Waals surface area contributed by atoms with Crippen molar-refractivity contribution in [2.45, 2.75) is 63.3 Å². The standard InChI is InChI=1S/C16H28IN3O4Si/c1-15(2,3)25(4,5)24-11-8-13(23-16(11,9-17)10-21)20-7-6-12(18)19-14(20)22/h6-7,11,13,21H,8-10H2,1-5H3,(H2,18,19,22)/t11?,13-,16-/m1/s1. The van der Waals surface area contributed by atoms with E-state index in [1.807, 2.05) is 0 Å². The van der Waals surface area contributed by atoms with Gasteiger partial charge in [-0.15, -0.1) is 0 Å². The maximum Gasteiger partial charge on any atom is 0.351 e. The average Bonchev–Trinajstić information content (AvgIpc) is 2.84. The molecule has 0 amide bonds. The van der Waals surface area contributed by atoms with Gasteiger partial charge in [0, 0.05) is 17.0 Å². The van der Waals surface area contributed by atoms with Gasteiger partial charge in [-0.05, 0) is 24.2 Å². The van der Waals surface area contributed by atoms with Gasteiger partial charge in [-0.3, -0.25) is 4.57 Å². The molecule has 25 heavy (non-hydrogen) atoms. The summed E-state index contributed by atoms with van der Waals surface area (Å²) in [5.41, 5.74) is 4.27. The Labute approximate surface area is 163 Å². The molecule has 0 saturated carbocycles. The normalized spacial score (nSPS) is 27.6. The van der Waals surface area contributed by atoms with E-state index in [0.717, 1.165) is 0 Å². The summed E-state index contributed by atoms with van der Waals surface area (Å²) >= 11 is 2.20. The lowest BCUT2D eigenvalue weighted by atomic mass is 10.0. The number of nitrogens with two attached hydrogens (primary N) is 1. The van der Waals surface area contributed by atoms with Crippen molar-refractivity contribution in [2.75, 3.05) is 16.8 Å². The minimum Gasteiger partial charge on any atom is -0.411 e. The Bertz CT molecular complexity index is 670. The molecule has 1 aliphatic heterocycles. The number of nitrogen functional groups attached to an aromatic ring is 1. The molecule has 0 bridgehead atoms. The van der Waals surface area contributed by atoms with E-state index in [9.17, 15) is 9.90 Å². The molecule has 0 spiro atoms. The number of rotatable bonds is 5. The molecule has 7 nitrogen and oxygen atoms in total. The molecule has 0 radical (unpaired) electrons. The monoisotopic (exact) mass is 481 g/mol. The van der Waals surface area contributed by atoms with E-state index in [0.29, 0.717) is 10.8 Å². The quantitative estimate of drug-likeness (QED) is 0.381. The number of halogens is 1. The molecular formula is C16H28IN3O4Si. The van der Waals surface area contributed by atoms with Crippen LogP contribution in [0.15, 0.2) is 17.1 Å². The Balaban J connectivity index is 2.34. The van der Waals surface area contributed by atoms with Gasteiger partial charge in [0.2, 0.25) is 0 Å². The SMILES string of the molecule is CC(C)(C)[Si](C)(C)OC1C[C@H](n2ccc(N)nc2=O)O[C@@]1(CO)CI. The first kappa shape index (κ1) is 20.8. The lowest BCUT2D eigenvalue weighted by Crippen LogP contribution is -2.53. The average molecular weight is 481 g/mol. The summed E-state index contributed by atoms with van der Waals surface area (Å²) in [5.74, 6) is 0.177. The summed E-state index contributed by atoms with van der Waals surface area (Å²) in [4.78, 5) is 15.9. The molecule has 1 aromatic rings. The number of ether oxygens (including phenoxy) is 1. The zero-order valence-electron chi connectivity index (χ0n) is 15.5. The summed E-state index contributed by atoms with van der Waals surface area (Å²) in [6.07, 6.45) is 1.25. The first-order valence-corrected chi connectivity index (χ1v) is 12.8. The molecular weight excluding hydrogens is 453 g/mol. The Hall–Kier alpha value is -0.493. The first-order chi connectivity index (χ1) is 11.5. The number of aliphatic hydroxyl groups excluding tert-OH is 1. The van der Waals surface area contributed by atoms with Crippen LogP contribution in [-0.4, -0.2) is 45.7 Å². The van der Waals surface area contributed by atoms with Crippen LogP contribution >= 0.6 is 22.6 Å². The van der Waals surface area contributed by atoms with E-state index in [4.69, 9.17) is 14.9 Å². The Morgan fingerprint density at radius 1 is 1.56 bits per heavy atom. The van der Waals surface area contributed by atoms with Crippen LogP contribution in [0.3, 0.4) is 0 Å².